The molecule has 2 aliphatic heterocycles. The van der Waals surface area contributed by atoms with E-state index in [4.69, 9.17) is 21.1 Å². The van der Waals surface area contributed by atoms with Crippen molar-refractivity contribution in [3.05, 3.63) is 64.8 Å². The molecule has 0 saturated carbocycles. The third-order valence-electron chi connectivity index (χ3n) is 6.34. The molecule has 1 fully saturated rings. The molecule has 1 saturated heterocycles. The summed E-state index contributed by atoms with van der Waals surface area (Å²) in [5.41, 5.74) is 4.47. The zero-order valence-electron chi connectivity index (χ0n) is 18.3. The monoisotopic (exact) mass is 451 g/mol. The van der Waals surface area contributed by atoms with Crippen LogP contribution < -0.4 is 9.47 Å². The molecular formula is C25H26ClN3O3. The van der Waals surface area contributed by atoms with Gasteiger partial charge in [0.25, 0.3) is 5.91 Å². The molecule has 0 N–H and O–H groups in total. The SMILES string of the molecule is CCN1CCN(C(=O)c2cc(-c3ccc(Cl)cc3)n(-c3ccc4c(c3)OCO4)c2C)CC1. The Labute approximate surface area is 192 Å². The lowest BCUT2D eigenvalue weighted by atomic mass is 10.1. The molecule has 0 radical (unpaired) electrons. The summed E-state index contributed by atoms with van der Waals surface area (Å²) in [5.74, 6) is 1.52. The Morgan fingerprint density at radius 2 is 1.69 bits per heavy atom. The summed E-state index contributed by atoms with van der Waals surface area (Å²) in [6, 6.07) is 15.6. The van der Waals surface area contributed by atoms with Crippen LogP contribution in [-0.4, -0.2) is 59.8 Å². The Hall–Kier alpha value is -2.96. The molecule has 0 unspecified atom stereocenters. The standard InChI is InChI=1S/C25H26ClN3O3/c1-3-27-10-12-28(13-11-27)25(30)21-15-22(18-4-6-19(26)7-5-18)29(17(21)2)20-8-9-23-24(14-20)32-16-31-23/h4-9,14-15H,3,10-13,16H2,1-2H3. The van der Waals surface area contributed by atoms with Gasteiger partial charge in [0.15, 0.2) is 11.5 Å². The average Bonchev–Trinajstić information content (AvgIpc) is 3.43. The van der Waals surface area contributed by atoms with E-state index in [-0.39, 0.29) is 12.7 Å². The lowest BCUT2D eigenvalue weighted by molar-refractivity contribution is 0.0642. The number of nitrogens with zero attached hydrogens (tertiary/aromatic N) is 3. The molecule has 32 heavy (non-hydrogen) atoms. The average molecular weight is 452 g/mol. The fraction of sp³-hybridized carbons (Fsp3) is 0.320. The van der Waals surface area contributed by atoms with E-state index in [1.54, 1.807) is 0 Å². The topological polar surface area (TPSA) is 46.9 Å². The number of aromatic nitrogens is 1. The highest BCUT2D eigenvalue weighted by molar-refractivity contribution is 6.30. The second-order valence-corrected chi connectivity index (χ2v) is 8.57. The minimum absolute atomic E-state index is 0.0768. The van der Waals surface area contributed by atoms with Gasteiger partial charge in [0.1, 0.15) is 0 Å². The summed E-state index contributed by atoms with van der Waals surface area (Å²) in [6.45, 7) is 8.71. The number of ether oxygens (including phenoxy) is 2. The van der Waals surface area contributed by atoms with E-state index in [1.165, 1.54) is 0 Å². The van der Waals surface area contributed by atoms with E-state index in [9.17, 15) is 4.79 Å². The molecule has 0 aliphatic carbocycles. The van der Waals surface area contributed by atoms with Gasteiger partial charge in [-0.3, -0.25) is 4.79 Å². The highest BCUT2D eigenvalue weighted by atomic mass is 35.5. The fourth-order valence-electron chi connectivity index (χ4n) is 4.45. The Morgan fingerprint density at radius 3 is 2.41 bits per heavy atom. The van der Waals surface area contributed by atoms with Crippen LogP contribution in [0.25, 0.3) is 16.9 Å². The maximum atomic E-state index is 13.5. The highest BCUT2D eigenvalue weighted by Gasteiger charge is 2.27. The molecule has 0 spiro atoms. The number of benzene rings is 2. The molecule has 3 aromatic rings. The maximum Gasteiger partial charge on any atom is 0.255 e. The molecule has 6 nitrogen and oxygen atoms in total. The molecule has 5 rings (SSSR count). The second kappa shape index (κ2) is 8.52. The van der Waals surface area contributed by atoms with Crippen LogP contribution in [-0.2, 0) is 0 Å². The van der Waals surface area contributed by atoms with Gasteiger partial charge in [-0.1, -0.05) is 30.7 Å². The number of hydrogen-bond acceptors (Lipinski definition) is 4. The fourth-order valence-corrected chi connectivity index (χ4v) is 4.58. The van der Waals surface area contributed by atoms with Gasteiger partial charge in [0.2, 0.25) is 6.79 Å². The van der Waals surface area contributed by atoms with Crippen molar-refractivity contribution in [2.75, 3.05) is 39.5 Å². The first-order valence-electron chi connectivity index (χ1n) is 10.9. The number of rotatable bonds is 4. The lowest BCUT2D eigenvalue weighted by Gasteiger charge is -2.34. The molecule has 3 heterocycles. The van der Waals surface area contributed by atoms with Crippen LogP contribution >= 0.6 is 11.6 Å². The van der Waals surface area contributed by atoms with Crippen LogP contribution in [0.5, 0.6) is 11.5 Å². The normalized spacial score (nSPS) is 15.9. The van der Waals surface area contributed by atoms with Crippen LogP contribution in [0.3, 0.4) is 0 Å². The number of hydrogen-bond donors (Lipinski definition) is 0. The van der Waals surface area contributed by atoms with Crippen molar-refractivity contribution in [1.82, 2.24) is 14.4 Å². The highest BCUT2D eigenvalue weighted by Crippen LogP contribution is 2.37. The minimum atomic E-state index is 0.0768. The Kier molecular flexibility index (Phi) is 5.57. The summed E-state index contributed by atoms with van der Waals surface area (Å²) in [4.78, 5) is 17.8. The van der Waals surface area contributed by atoms with Gasteiger partial charge in [-0.15, -0.1) is 0 Å². The van der Waals surface area contributed by atoms with Crippen LogP contribution in [0.4, 0.5) is 0 Å². The summed E-state index contributed by atoms with van der Waals surface area (Å²) in [7, 11) is 0. The van der Waals surface area contributed by atoms with Gasteiger partial charge in [0, 0.05) is 48.6 Å². The molecule has 2 aromatic carbocycles. The summed E-state index contributed by atoms with van der Waals surface area (Å²) < 4.78 is 13.2. The summed E-state index contributed by atoms with van der Waals surface area (Å²) in [6.07, 6.45) is 0. The first kappa shape index (κ1) is 20.9. The van der Waals surface area contributed by atoms with Crippen molar-refractivity contribution in [2.24, 2.45) is 0 Å². The zero-order chi connectivity index (χ0) is 22.2. The number of amides is 1. The number of carbonyl (C=O) groups is 1. The molecular weight excluding hydrogens is 426 g/mol. The van der Waals surface area contributed by atoms with E-state index in [1.807, 2.05) is 60.4 Å². The number of piperazine rings is 1. The van der Waals surface area contributed by atoms with Crippen molar-refractivity contribution < 1.29 is 14.3 Å². The summed E-state index contributed by atoms with van der Waals surface area (Å²) in [5, 5.41) is 0.678. The van der Waals surface area contributed by atoms with Crippen LogP contribution in [0, 0.1) is 6.92 Å². The Morgan fingerprint density at radius 1 is 0.969 bits per heavy atom. The predicted octanol–water partition coefficient (Wildman–Crippen LogP) is 4.61. The van der Waals surface area contributed by atoms with Crippen LogP contribution in [0.1, 0.15) is 23.0 Å². The molecule has 0 bridgehead atoms. The van der Waals surface area contributed by atoms with E-state index >= 15 is 0 Å². The third kappa shape index (κ3) is 3.74. The van der Waals surface area contributed by atoms with Crippen molar-refractivity contribution >= 4 is 17.5 Å². The number of halogens is 1. The lowest BCUT2D eigenvalue weighted by Crippen LogP contribution is -2.48. The Bertz CT molecular complexity index is 1150. The number of fused-ring (bicyclic) bond motifs is 1. The summed E-state index contributed by atoms with van der Waals surface area (Å²) >= 11 is 6.13. The zero-order valence-corrected chi connectivity index (χ0v) is 19.1. The van der Waals surface area contributed by atoms with Gasteiger partial charge >= 0.3 is 0 Å². The number of carbonyl (C=O) groups excluding carboxylic acids is 1. The van der Waals surface area contributed by atoms with Crippen molar-refractivity contribution in [1.29, 1.82) is 0 Å². The van der Waals surface area contributed by atoms with Crippen molar-refractivity contribution in [3.8, 4) is 28.4 Å². The van der Waals surface area contributed by atoms with Crippen molar-refractivity contribution in [3.63, 3.8) is 0 Å². The van der Waals surface area contributed by atoms with Crippen LogP contribution in [0.15, 0.2) is 48.5 Å². The van der Waals surface area contributed by atoms with Crippen LogP contribution in [0.2, 0.25) is 5.02 Å². The molecule has 2 aliphatic rings. The Balaban J connectivity index is 1.58. The largest absolute Gasteiger partial charge is 0.454 e. The van der Waals surface area contributed by atoms with E-state index in [0.29, 0.717) is 10.8 Å². The van der Waals surface area contributed by atoms with Gasteiger partial charge in [0.05, 0.1) is 11.3 Å². The first-order chi connectivity index (χ1) is 15.5. The van der Waals surface area contributed by atoms with E-state index in [2.05, 4.69) is 16.4 Å². The van der Waals surface area contributed by atoms with E-state index < -0.39 is 0 Å². The van der Waals surface area contributed by atoms with E-state index in [0.717, 1.165) is 66.7 Å². The molecule has 166 valence electrons. The molecule has 7 heteroatoms. The smallest absolute Gasteiger partial charge is 0.255 e. The predicted molar refractivity (Wildman–Crippen MR) is 125 cm³/mol. The third-order valence-corrected chi connectivity index (χ3v) is 6.59. The number of likely N-dealkylation sites (N-methyl/N-ethyl adjacent to an activating group) is 1. The maximum absolute atomic E-state index is 13.5. The first-order valence-corrected chi connectivity index (χ1v) is 11.3. The van der Waals surface area contributed by atoms with Gasteiger partial charge in [-0.05, 0) is 49.4 Å². The van der Waals surface area contributed by atoms with Crippen molar-refractivity contribution in [2.45, 2.75) is 13.8 Å². The van der Waals surface area contributed by atoms with Gasteiger partial charge < -0.3 is 23.8 Å². The van der Waals surface area contributed by atoms with Gasteiger partial charge in [-0.25, -0.2) is 0 Å². The second-order valence-electron chi connectivity index (χ2n) is 8.13. The minimum Gasteiger partial charge on any atom is -0.454 e. The molecule has 1 aromatic heterocycles. The molecule has 1 amide bonds. The quantitative estimate of drug-likeness (QED) is 0.581. The van der Waals surface area contributed by atoms with Gasteiger partial charge in [-0.2, -0.15) is 0 Å². The molecule has 0 atom stereocenters.